The Hall–Kier alpha value is -2.93. The molecule has 0 saturated heterocycles. The van der Waals surface area contributed by atoms with Crippen molar-refractivity contribution in [3.63, 3.8) is 0 Å². The second-order valence-corrected chi connectivity index (χ2v) is 6.69. The Labute approximate surface area is 147 Å². The van der Waals surface area contributed by atoms with E-state index in [2.05, 4.69) is 27.1 Å². The highest BCUT2D eigenvalue weighted by atomic mass is 32.1. The average molecular weight is 352 g/mol. The fraction of sp³-hybridized carbons (Fsp3) is 0.167. The highest BCUT2D eigenvalue weighted by Gasteiger charge is 2.09. The smallest absolute Gasteiger partial charge is 0.249 e. The monoisotopic (exact) mass is 352 g/mol. The molecule has 126 valence electrons. The van der Waals surface area contributed by atoms with E-state index in [1.165, 1.54) is 16.5 Å². The van der Waals surface area contributed by atoms with Crippen LogP contribution in [-0.2, 0) is 20.1 Å². The van der Waals surface area contributed by atoms with Crippen molar-refractivity contribution in [2.24, 2.45) is 7.05 Å². The first-order valence-corrected chi connectivity index (χ1v) is 8.71. The van der Waals surface area contributed by atoms with Gasteiger partial charge in [-0.1, -0.05) is 12.1 Å². The number of benzene rings is 1. The van der Waals surface area contributed by atoms with E-state index >= 15 is 0 Å². The molecule has 4 aromatic rings. The fourth-order valence-corrected chi connectivity index (χ4v) is 3.28. The maximum Gasteiger partial charge on any atom is 0.249 e. The topological polar surface area (TPSA) is 72.8 Å². The van der Waals surface area contributed by atoms with Crippen molar-refractivity contribution in [2.45, 2.75) is 13.0 Å². The van der Waals surface area contributed by atoms with Gasteiger partial charge in [0.2, 0.25) is 5.56 Å². The Bertz CT molecular complexity index is 1050. The van der Waals surface area contributed by atoms with Crippen LogP contribution in [-0.4, -0.2) is 19.5 Å². The largest absolute Gasteiger partial charge is 0.486 e. The molecule has 0 aliphatic carbocycles. The second-order valence-electron chi connectivity index (χ2n) is 5.72. The van der Waals surface area contributed by atoms with E-state index in [1.54, 1.807) is 17.4 Å². The molecule has 4 rings (SSSR count). The molecular formula is C18H16N4O2S. The van der Waals surface area contributed by atoms with Crippen LogP contribution in [0.4, 0.5) is 0 Å². The van der Waals surface area contributed by atoms with E-state index in [4.69, 9.17) is 4.74 Å². The molecule has 0 atom stereocenters. The lowest BCUT2D eigenvalue weighted by molar-refractivity contribution is 0.292. The predicted octanol–water partition coefficient (Wildman–Crippen LogP) is 2.89. The SMILES string of the molecule is Cn1c(COc2ccc(Cc3cncs3)cc2)nc2ccc(=O)[nH]c21. The van der Waals surface area contributed by atoms with Gasteiger partial charge in [0.05, 0.1) is 5.51 Å². The van der Waals surface area contributed by atoms with Gasteiger partial charge in [0.1, 0.15) is 29.3 Å². The molecule has 0 amide bonds. The number of pyridine rings is 1. The molecule has 25 heavy (non-hydrogen) atoms. The van der Waals surface area contributed by atoms with Gasteiger partial charge in [-0.15, -0.1) is 11.3 Å². The van der Waals surface area contributed by atoms with Gasteiger partial charge in [0, 0.05) is 30.6 Å². The summed E-state index contributed by atoms with van der Waals surface area (Å²) in [6, 6.07) is 11.2. The number of aryl methyl sites for hydroxylation is 1. The van der Waals surface area contributed by atoms with Crippen molar-refractivity contribution in [1.29, 1.82) is 0 Å². The van der Waals surface area contributed by atoms with Crippen molar-refractivity contribution >= 4 is 22.5 Å². The van der Waals surface area contributed by atoms with Crippen molar-refractivity contribution in [2.75, 3.05) is 0 Å². The molecule has 0 aliphatic heterocycles. The Balaban J connectivity index is 1.46. The number of hydrogen-bond acceptors (Lipinski definition) is 5. The van der Waals surface area contributed by atoms with Crippen LogP contribution in [0.1, 0.15) is 16.3 Å². The average Bonchev–Trinajstić information content (AvgIpc) is 3.23. The lowest BCUT2D eigenvalue weighted by Crippen LogP contribution is -2.07. The van der Waals surface area contributed by atoms with Gasteiger partial charge < -0.3 is 14.3 Å². The number of rotatable bonds is 5. The minimum Gasteiger partial charge on any atom is -0.486 e. The molecule has 0 bridgehead atoms. The number of fused-ring (bicyclic) bond motifs is 1. The van der Waals surface area contributed by atoms with Crippen molar-refractivity contribution < 1.29 is 4.74 Å². The molecule has 0 aliphatic rings. The molecule has 6 nitrogen and oxygen atoms in total. The summed E-state index contributed by atoms with van der Waals surface area (Å²) in [7, 11) is 1.86. The first-order chi connectivity index (χ1) is 12.2. The Morgan fingerprint density at radius 3 is 2.80 bits per heavy atom. The van der Waals surface area contributed by atoms with Crippen molar-refractivity contribution in [1.82, 2.24) is 19.5 Å². The van der Waals surface area contributed by atoms with E-state index in [0.29, 0.717) is 12.3 Å². The van der Waals surface area contributed by atoms with Crippen LogP contribution in [0.5, 0.6) is 5.75 Å². The maximum atomic E-state index is 11.4. The maximum absolute atomic E-state index is 11.4. The third-order valence-corrected chi connectivity index (χ3v) is 4.78. The second kappa shape index (κ2) is 6.52. The predicted molar refractivity (Wildman–Crippen MR) is 97.0 cm³/mol. The van der Waals surface area contributed by atoms with Gasteiger partial charge in [-0.3, -0.25) is 9.78 Å². The van der Waals surface area contributed by atoms with Crippen molar-refractivity contribution in [3.05, 3.63) is 74.7 Å². The number of aromatic nitrogens is 4. The Morgan fingerprint density at radius 1 is 1.20 bits per heavy atom. The lowest BCUT2D eigenvalue weighted by Gasteiger charge is -2.07. The number of nitrogens with zero attached hydrogens (tertiary/aromatic N) is 3. The summed E-state index contributed by atoms with van der Waals surface area (Å²) in [5.41, 5.74) is 4.37. The Kier molecular flexibility index (Phi) is 4.07. The molecule has 7 heteroatoms. The molecule has 1 N–H and O–H groups in total. The van der Waals surface area contributed by atoms with Crippen LogP contribution in [0.2, 0.25) is 0 Å². The number of ether oxygens (including phenoxy) is 1. The fourth-order valence-electron chi connectivity index (χ4n) is 2.66. The lowest BCUT2D eigenvalue weighted by atomic mass is 10.1. The van der Waals surface area contributed by atoms with E-state index < -0.39 is 0 Å². The van der Waals surface area contributed by atoms with Crippen LogP contribution in [0.15, 0.2) is 52.9 Å². The van der Waals surface area contributed by atoms with Crippen LogP contribution < -0.4 is 10.3 Å². The first-order valence-electron chi connectivity index (χ1n) is 7.83. The number of H-pyrrole nitrogens is 1. The summed E-state index contributed by atoms with van der Waals surface area (Å²) < 4.78 is 7.68. The number of thiazole rings is 1. The van der Waals surface area contributed by atoms with Gasteiger partial charge in [-0.2, -0.15) is 0 Å². The van der Waals surface area contributed by atoms with Crippen LogP contribution in [0.3, 0.4) is 0 Å². The zero-order valence-corrected chi connectivity index (χ0v) is 14.4. The zero-order valence-electron chi connectivity index (χ0n) is 13.6. The summed E-state index contributed by atoms with van der Waals surface area (Å²) in [5.74, 6) is 1.54. The van der Waals surface area contributed by atoms with Gasteiger partial charge in [-0.25, -0.2) is 4.98 Å². The molecule has 3 aromatic heterocycles. The number of imidazole rings is 1. The summed E-state index contributed by atoms with van der Waals surface area (Å²) in [6.45, 7) is 0.335. The van der Waals surface area contributed by atoms with Crippen LogP contribution >= 0.6 is 11.3 Å². The highest BCUT2D eigenvalue weighted by Crippen LogP contribution is 2.18. The van der Waals surface area contributed by atoms with E-state index in [-0.39, 0.29) is 5.56 Å². The molecule has 1 aromatic carbocycles. The zero-order chi connectivity index (χ0) is 17.2. The summed E-state index contributed by atoms with van der Waals surface area (Å²) in [4.78, 5) is 24.1. The van der Waals surface area contributed by atoms with Crippen LogP contribution in [0.25, 0.3) is 11.2 Å². The highest BCUT2D eigenvalue weighted by molar-refractivity contribution is 7.09. The van der Waals surface area contributed by atoms with Crippen LogP contribution in [0, 0.1) is 0 Å². The van der Waals surface area contributed by atoms with E-state index in [0.717, 1.165) is 23.5 Å². The molecule has 0 saturated carbocycles. The summed E-state index contributed by atoms with van der Waals surface area (Å²) in [6.07, 6.45) is 2.77. The summed E-state index contributed by atoms with van der Waals surface area (Å²) in [5, 5.41) is 0. The minimum atomic E-state index is -0.139. The van der Waals surface area contributed by atoms with Gasteiger partial charge in [0.25, 0.3) is 0 Å². The third kappa shape index (κ3) is 3.32. The molecule has 0 radical (unpaired) electrons. The Morgan fingerprint density at radius 2 is 2.04 bits per heavy atom. The molecule has 0 unspecified atom stereocenters. The normalized spacial score (nSPS) is 11.1. The van der Waals surface area contributed by atoms with E-state index in [1.807, 2.05) is 35.5 Å². The number of aromatic amines is 1. The molecule has 0 fully saturated rings. The first kappa shape index (κ1) is 15.6. The molecule has 0 spiro atoms. The molecular weight excluding hydrogens is 336 g/mol. The van der Waals surface area contributed by atoms with Gasteiger partial charge >= 0.3 is 0 Å². The van der Waals surface area contributed by atoms with Gasteiger partial charge in [0.15, 0.2) is 0 Å². The third-order valence-electron chi connectivity index (χ3n) is 4.00. The van der Waals surface area contributed by atoms with Crippen molar-refractivity contribution in [3.8, 4) is 5.75 Å². The van der Waals surface area contributed by atoms with Gasteiger partial charge in [-0.05, 0) is 23.8 Å². The quantitative estimate of drug-likeness (QED) is 0.599. The number of nitrogens with one attached hydrogen (secondary N) is 1. The van der Waals surface area contributed by atoms with E-state index in [9.17, 15) is 4.79 Å². The number of hydrogen-bond donors (Lipinski definition) is 1. The summed E-state index contributed by atoms with van der Waals surface area (Å²) >= 11 is 1.66. The minimum absolute atomic E-state index is 0.139. The molecule has 3 heterocycles. The standard InChI is InChI=1S/C18H16N4O2S/c1-22-16(20-15-6-7-17(23)21-18(15)22)10-24-13-4-2-12(3-5-13)8-14-9-19-11-25-14/h2-7,9,11H,8,10H2,1H3,(H,21,23).